The van der Waals surface area contributed by atoms with Crippen LogP contribution < -0.4 is 5.73 Å². The number of carbonyl (C=O) groups is 1. The highest BCUT2D eigenvalue weighted by Crippen LogP contribution is 2.06. The summed E-state index contributed by atoms with van der Waals surface area (Å²) in [5.74, 6) is 5.75. The first kappa shape index (κ1) is 15.2. The molecule has 0 atom stereocenters. The highest BCUT2D eigenvalue weighted by atomic mass is 16.2. The topological polar surface area (TPSA) is 49.6 Å². The van der Waals surface area contributed by atoms with Gasteiger partial charge in [0.2, 0.25) is 0 Å². The van der Waals surface area contributed by atoms with Crippen molar-refractivity contribution in [3.05, 3.63) is 35.4 Å². The lowest BCUT2D eigenvalue weighted by Gasteiger charge is -2.19. The maximum atomic E-state index is 12.1. The van der Waals surface area contributed by atoms with E-state index in [9.17, 15) is 4.79 Å². The maximum Gasteiger partial charge on any atom is 0.253 e. The normalized spacial score (nSPS) is 9.95. The Hall–Kier alpha value is -1.83. The lowest BCUT2D eigenvalue weighted by molar-refractivity contribution is 0.0786. The quantitative estimate of drug-likeness (QED) is 0.807. The summed E-state index contributed by atoms with van der Waals surface area (Å²) in [7, 11) is 5.79. The van der Waals surface area contributed by atoms with Crippen molar-refractivity contribution in [2.45, 2.75) is 0 Å². The van der Waals surface area contributed by atoms with Gasteiger partial charge in [-0.05, 0) is 38.4 Å². The highest BCUT2D eigenvalue weighted by molar-refractivity contribution is 5.94. The first-order chi connectivity index (χ1) is 9.04. The van der Waals surface area contributed by atoms with Crippen molar-refractivity contribution in [1.29, 1.82) is 0 Å². The van der Waals surface area contributed by atoms with E-state index in [1.807, 2.05) is 33.3 Å². The van der Waals surface area contributed by atoms with E-state index in [1.54, 1.807) is 17.0 Å². The molecule has 1 aromatic carbocycles. The van der Waals surface area contributed by atoms with Crippen molar-refractivity contribution in [1.82, 2.24) is 9.80 Å². The van der Waals surface area contributed by atoms with E-state index < -0.39 is 0 Å². The van der Waals surface area contributed by atoms with Crippen molar-refractivity contribution in [2.75, 3.05) is 40.8 Å². The summed E-state index contributed by atoms with van der Waals surface area (Å²) < 4.78 is 0. The molecule has 0 heterocycles. The summed E-state index contributed by atoms with van der Waals surface area (Å²) in [6, 6.07) is 7.29. The van der Waals surface area contributed by atoms with Gasteiger partial charge < -0.3 is 15.5 Å². The number of amides is 1. The zero-order valence-corrected chi connectivity index (χ0v) is 11.8. The average Bonchev–Trinajstić information content (AvgIpc) is 2.42. The fourth-order valence-electron chi connectivity index (χ4n) is 1.52. The van der Waals surface area contributed by atoms with E-state index in [4.69, 9.17) is 5.73 Å². The van der Waals surface area contributed by atoms with Crippen LogP contribution in [0.3, 0.4) is 0 Å². The molecule has 0 unspecified atom stereocenters. The van der Waals surface area contributed by atoms with Crippen LogP contribution in [0.25, 0.3) is 0 Å². The smallest absolute Gasteiger partial charge is 0.253 e. The second kappa shape index (κ2) is 7.57. The third kappa shape index (κ3) is 5.12. The molecule has 1 amide bonds. The third-order valence-electron chi connectivity index (χ3n) is 2.70. The molecular formula is C15H21N3O. The van der Waals surface area contributed by atoms with E-state index in [0.717, 1.165) is 12.1 Å². The van der Waals surface area contributed by atoms with E-state index >= 15 is 0 Å². The number of hydrogen-bond donors (Lipinski definition) is 1. The van der Waals surface area contributed by atoms with Crippen LogP contribution in [0.1, 0.15) is 15.9 Å². The van der Waals surface area contributed by atoms with Crippen LogP contribution in [0, 0.1) is 11.8 Å². The van der Waals surface area contributed by atoms with Gasteiger partial charge in [-0.25, -0.2) is 0 Å². The van der Waals surface area contributed by atoms with Gasteiger partial charge in [-0.3, -0.25) is 4.79 Å². The number of carbonyl (C=O) groups excluding carboxylic acids is 1. The van der Waals surface area contributed by atoms with E-state index in [0.29, 0.717) is 18.7 Å². The van der Waals surface area contributed by atoms with Gasteiger partial charge >= 0.3 is 0 Å². The maximum absolute atomic E-state index is 12.1. The molecule has 0 aliphatic carbocycles. The Morgan fingerprint density at radius 1 is 1.16 bits per heavy atom. The molecule has 0 fully saturated rings. The van der Waals surface area contributed by atoms with E-state index in [1.165, 1.54) is 0 Å². The van der Waals surface area contributed by atoms with Gasteiger partial charge in [0, 0.05) is 31.3 Å². The molecular weight excluding hydrogens is 238 g/mol. The number of nitrogens with zero attached hydrogens (tertiary/aromatic N) is 2. The Labute approximate surface area is 115 Å². The van der Waals surface area contributed by atoms with Crippen LogP contribution in [-0.2, 0) is 0 Å². The highest BCUT2D eigenvalue weighted by Gasteiger charge is 2.11. The predicted molar refractivity (Wildman–Crippen MR) is 77.9 cm³/mol. The van der Waals surface area contributed by atoms with Crippen molar-refractivity contribution >= 4 is 5.91 Å². The molecule has 0 radical (unpaired) electrons. The molecule has 1 rings (SSSR count). The van der Waals surface area contributed by atoms with Gasteiger partial charge in [0.1, 0.15) is 0 Å². The monoisotopic (exact) mass is 259 g/mol. The van der Waals surface area contributed by atoms with Crippen LogP contribution >= 0.6 is 0 Å². The molecule has 0 spiro atoms. The van der Waals surface area contributed by atoms with Gasteiger partial charge in [-0.2, -0.15) is 0 Å². The molecule has 0 saturated heterocycles. The summed E-state index contributed by atoms with van der Waals surface area (Å²) in [5, 5.41) is 0. The molecule has 0 bridgehead atoms. The number of nitrogens with two attached hydrogens (primary N) is 1. The third-order valence-corrected chi connectivity index (χ3v) is 2.70. The summed E-state index contributed by atoms with van der Waals surface area (Å²) in [6.45, 7) is 1.90. The zero-order chi connectivity index (χ0) is 14.3. The molecule has 2 N–H and O–H groups in total. The molecule has 0 aromatic heterocycles. The fraction of sp³-hybridized carbons (Fsp3) is 0.400. The Morgan fingerprint density at radius 2 is 1.79 bits per heavy atom. The van der Waals surface area contributed by atoms with Gasteiger partial charge in [-0.15, -0.1) is 0 Å². The van der Waals surface area contributed by atoms with Crippen molar-refractivity contribution in [2.24, 2.45) is 5.73 Å². The SMILES string of the molecule is CN(C)CCN(C)C(=O)c1ccc(C#CCN)cc1. The lowest BCUT2D eigenvalue weighted by Crippen LogP contribution is -2.33. The standard InChI is InChI=1S/C15H21N3O/c1-17(2)11-12-18(3)15(19)14-8-6-13(7-9-14)5-4-10-16/h6-9H,10-12,16H2,1-3H3. The van der Waals surface area contributed by atoms with Crippen LogP contribution in [0.15, 0.2) is 24.3 Å². The van der Waals surface area contributed by atoms with Gasteiger partial charge in [0.25, 0.3) is 5.91 Å². The van der Waals surface area contributed by atoms with Crippen molar-refractivity contribution in [3.8, 4) is 11.8 Å². The largest absolute Gasteiger partial charge is 0.340 e. The van der Waals surface area contributed by atoms with E-state index in [2.05, 4.69) is 16.7 Å². The Balaban J connectivity index is 2.67. The molecule has 1 aromatic rings. The lowest BCUT2D eigenvalue weighted by atomic mass is 10.1. The molecule has 0 aliphatic rings. The minimum Gasteiger partial charge on any atom is -0.340 e. The summed E-state index contributed by atoms with van der Waals surface area (Å²) in [4.78, 5) is 15.9. The summed E-state index contributed by atoms with van der Waals surface area (Å²) >= 11 is 0. The molecule has 102 valence electrons. The van der Waals surface area contributed by atoms with E-state index in [-0.39, 0.29) is 5.91 Å². The Morgan fingerprint density at radius 3 is 2.32 bits per heavy atom. The molecule has 4 heteroatoms. The molecule has 4 nitrogen and oxygen atoms in total. The average molecular weight is 259 g/mol. The van der Waals surface area contributed by atoms with Crippen molar-refractivity contribution < 1.29 is 4.79 Å². The summed E-state index contributed by atoms with van der Waals surface area (Å²) in [6.07, 6.45) is 0. The van der Waals surface area contributed by atoms with Crippen molar-refractivity contribution in [3.63, 3.8) is 0 Å². The molecule has 19 heavy (non-hydrogen) atoms. The minimum atomic E-state index is 0.0279. The van der Waals surface area contributed by atoms with Crippen LogP contribution in [0.5, 0.6) is 0 Å². The fourth-order valence-corrected chi connectivity index (χ4v) is 1.52. The first-order valence-electron chi connectivity index (χ1n) is 6.23. The Bertz CT molecular complexity index is 468. The predicted octanol–water partition coefficient (Wildman–Crippen LogP) is 0.630. The van der Waals surface area contributed by atoms with Gasteiger partial charge in [0.05, 0.1) is 6.54 Å². The number of benzene rings is 1. The zero-order valence-electron chi connectivity index (χ0n) is 11.8. The van der Waals surface area contributed by atoms with Crippen LogP contribution in [0.4, 0.5) is 0 Å². The van der Waals surface area contributed by atoms with Crippen LogP contribution in [0.2, 0.25) is 0 Å². The second-order valence-electron chi connectivity index (χ2n) is 4.61. The van der Waals surface area contributed by atoms with Gasteiger partial charge in [0.15, 0.2) is 0 Å². The van der Waals surface area contributed by atoms with Crippen LogP contribution in [-0.4, -0.2) is 56.5 Å². The first-order valence-corrected chi connectivity index (χ1v) is 6.23. The second-order valence-corrected chi connectivity index (χ2v) is 4.61. The molecule has 0 saturated carbocycles. The summed E-state index contributed by atoms with van der Waals surface area (Å²) in [5.41, 5.74) is 6.87. The number of rotatable bonds is 4. The number of likely N-dealkylation sites (N-methyl/N-ethyl adjacent to an activating group) is 2. The van der Waals surface area contributed by atoms with Gasteiger partial charge in [-0.1, -0.05) is 11.8 Å². The number of hydrogen-bond acceptors (Lipinski definition) is 3. The molecule has 0 aliphatic heterocycles. The minimum absolute atomic E-state index is 0.0279. The Kier molecular flexibility index (Phi) is 6.07.